The number of esters is 1. The average Bonchev–Trinajstić information content (AvgIpc) is 2.74. The summed E-state index contributed by atoms with van der Waals surface area (Å²) in [5, 5.41) is 9.78. The Morgan fingerprint density at radius 2 is 2.15 bits per heavy atom. The highest BCUT2D eigenvalue weighted by Gasteiger charge is 2.12. The van der Waals surface area contributed by atoms with Crippen molar-refractivity contribution < 1.29 is 14.6 Å². The Bertz CT molecular complexity index is 646. The molecule has 1 aromatic carbocycles. The highest BCUT2D eigenvalue weighted by Crippen LogP contribution is 2.39. The third kappa shape index (κ3) is 3.69. The minimum Gasteiger partial charge on any atom is -0.507 e. The van der Waals surface area contributed by atoms with Crippen molar-refractivity contribution in [2.24, 2.45) is 0 Å². The molecule has 8 heteroatoms. The molecule has 2 aromatic rings. The number of rotatable bonds is 4. The number of methoxy groups -OCH3 is 1. The summed E-state index contributed by atoms with van der Waals surface area (Å²) in [7, 11) is 1.27. The summed E-state index contributed by atoms with van der Waals surface area (Å²) < 4.78 is 10.7. The summed E-state index contributed by atoms with van der Waals surface area (Å²) in [5.74, 6) is -0.680. The van der Waals surface area contributed by atoms with Gasteiger partial charge in [0.25, 0.3) is 0 Å². The molecular formula is C12H9Br2NO3S2. The van der Waals surface area contributed by atoms with Gasteiger partial charge in [-0.2, -0.15) is 0 Å². The lowest BCUT2D eigenvalue weighted by Crippen LogP contribution is -2.01. The topological polar surface area (TPSA) is 58.6 Å². The molecule has 0 unspecified atom stereocenters. The lowest BCUT2D eigenvalue weighted by atomic mass is 10.2. The Kier molecular flexibility index (Phi) is 5.36. The van der Waals surface area contributed by atoms with Crippen LogP contribution in [0.4, 0.5) is 5.69 Å². The molecule has 0 saturated heterocycles. The third-order valence-corrected chi connectivity index (χ3v) is 6.12. The molecular weight excluding hydrogens is 430 g/mol. The van der Waals surface area contributed by atoms with E-state index >= 15 is 0 Å². The van der Waals surface area contributed by atoms with E-state index in [2.05, 4.69) is 41.3 Å². The van der Waals surface area contributed by atoms with Gasteiger partial charge in [0.05, 0.1) is 15.1 Å². The highest BCUT2D eigenvalue weighted by molar-refractivity contribution is 9.11. The van der Waals surface area contributed by atoms with Crippen LogP contribution in [-0.4, -0.2) is 18.2 Å². The van der Waals surface area contributed by atoms with E-state index < -0.39 is 5.97 Å². The van der Waals surface area contributed by atoms with Gasteiger partial charge in [0, 0.05) is 16.2 Å². The minimum atomic E-state index is -0.563. The van der Waals surface area contributed by atoms with Crippen LogP contribution in [0.15, 0.2) is 36.7 Å². The molecule has 1 heterocycles. The van der Waals surface area contributed by atoms with Crippen LogP contribution in [0.5, 0.6) is 5.75 Å². The Labute approximate surface area is 140 Å². The first-order valence-corrected chi connectivity index (χ1v) is 8.52. The number of nitrogens with one attached hydrogen (secondary N) is 1. The van der Waals surface area contributed by atoms with Gasteiger partial charge in [0.15, 0.2) is 0 Å². The Morgan fingerprint density at radius 1 is 1.40 bits per heavy atom. The molecule has 0 aliphatic heterocycles. The predicted molar refractivity (Wildman–Crippen MR) is 88.6 cm³/mol. The highest BCUT2D eigenvalue weighted by atomic mass is 79.9. The van der Waals surface area contributed by atoms with Crippen LogP contribution in [-0.2, 0) is 4.74 Å². The van der Waals surface area contributed by atoms with Gasteiger partial charge in [-0.3, -0.25) is 0 Å². The summed E-state index contributed by atoms with van der Waals surface area (Å²) >= 11 is 9.86. The van der Waals surface area contributed by atoms with Gasteiger partial charge in [-0.05, 0) is 62.0 Å². The summed E-state index contributed by atoms with van der Waals surface area (Å²) in [5.41, 5.74) is 0.833. The summed E-state index contributed by atoms with van der Waals surface area (Å²) in [6.07, 6.45) is 0. The van der Waals surface area contributed by atoms with E-state index in [-0.39, 0.29) is 11.3 Å². The number of anilines is 1. The van der Waals surface area contributed by atoms with Crippen molar-refractivity contribution >= 4 is 66.8 Å². The molecule has 0 atom stereocenters. The number of benzene rings is 1. The van der Waals surface area contributed by atoms with Gasteiger partial charge in [-0.1, -0.05) is 0 Å². The van der Waals surface area contributed by atoms with Crippen molar-refractivity contribution in [2.45, 2.75) is 4.21 Å². The van der Waals surface area contributed by atoms with E-state index in [4.69, 9.17) is 0 Å². The van der Waals surface area contributed by atoms with Crippen molar-refractivity contribution in [1.29, 1.82) is 0 Å². The van der Waals surface area contributed by atoms with E-state index in [1.807, 2.05) is 6.07 Å². The quantitative estimate of drug-likeness (QED) is 0.525. The van der Waals surface area contributed by atoms with Crippen LogP contribution in [0.1, 0.15) is 10.4 Å². The Hall–Kier alpha value is -0.700. The fourth-order valence-electron chi connectivity index (χ4n) is 1.38. The molecule has 20 heavy (non-hydrogen) atoms. The van der Waals surface area contributed by atoms with Crippen molar-refractivity contribution in [3.05, 3.63) is 38.1 Å². The molecule has 0 radical (unpaired) electrons. The van der Waals surface area contributed by atoms with Gasteiger partial charge in [-0.15, -0.1) is 11.3 Å². The number of halogens is 2. The first-order chi connectivity index (χ1) is 9.51. The number of phenols is 1. The third-order valence-electron chi connectivity index (χ3n) is 2.29. The zero-order chi connectivity index (χ0) is 14.7. The van der Waals surface area contributed by atoms with Gasteiger partial charge < -0.3 is 14.6 Å². The van der Waals surface area contributed by atoms with Crippen LogP contribution in [0.25, 0.3) is 0 Å². The first-order valence-electron chi connectivity index (χ1n) is 5.30. The summed E-state index contributed by atoms with van der Waals surface area (Å²) in [6.45, 7) is 0. The van der Waals surface area contributed by atoms with E-state index in [0.29, 0.717) is 5.69 Å². The second-order valence-corrected chi connectivity index (χ2v) is 7.97. The molecule has 4 nitrogen and oxygen atoms in total. The zero-order valence-electron chi connectivity index (χ0n) is 10.1. The molecule has 2 N–H and O–H groups in total. The fraction of sp³-hybridized carbons (Fsp3) is 0.0833. The van der Waals surface area contributed by atoms with E-state index in [1.165, 1.54) is 31.2 Å². The smallest absolute Gasteiger partial charge is 0.341 e. The van der Waals surface area contributed by atoms with Crippen LogP contribution in [0, 0.1) is 0 Å². The second kappa shape index (κ2) is 6.84. The van der Waals surface area contributed by atoms with E-state index in [0.717, 1.165) is 12.5 Å². The van der Waals surface area contributed by atoms with Gasteiger partial charge >= 0.3 is 5.97 Å². The van der Waals surface area contributed by atoms with Crippen LogP contribution < -0.4 is 4.72 Å². The van der Waals surface area contributed by atoms with Crippen LogP contribution >= 0.6 is 55.1 Å². The minimum absolute atomic E-state index is 0.117. The maximum absolute atomic E-state index is 11.4. The first kappa shape index (κ1) is 15.7. The molecule has 1 aromatic heterocycles. The van der Waals surface area contributed by atoms with E-state index in [9.17, 15) is 9.90 Å². The number of carbonyl (C=O) groups excluding carboxylic acids is 1. The number of hydrogen-bond acceptors (Lipinski definition) is 6. The summed E-state index contributed by atoms with van der Waals surface area (Å²) in [6, 6.07) is 6.67. The van der Waals surface area contributed by atoms with Gasteiger partial charge in [-0.25, -0.2) is 4.79 Å². The van der Waals surface area contributed by atoms with E-state index in [1.54, 1.807) is 17.4 Å². The molecule has 0 fully saturated rings. The molecule has 0 bridgehead atoms. The fourth-order valence-corrected chi connectivity index (χ4v) is 5.15. The molecule has 2 rings (SSSR count). The number of carbonyl (C=O) groups is 1. The molecule has 0 amide bonds. The Morgan fingerprint density at radius 3 is 2.70 bits per heavy atom. The standard InChI is InChI=1S/C12H9Br2NO3S2/c1-18-11(17)7-3-2-6(4-9(7)16)15-20-12-8(13)5-10(14)19-12/h2-5,15-16H,1H3. The summed E-state index contributed by atoms with van der Waals surface area (Å²) in [4.78, 5) is 11.4. The van der Waals surface area contributed by atoms with Crippen molar-refractivity contribution in [3.63, 3.8) is 0 Å². The SMILES string of the molecule is COC(=O)c1ccc(NSc2sc(Br)cc2Br)cc1O. The van der Waals surface area contributed by atoms with Crippen LogP contribution in [0.2, 0.25) is 0 Å². The monoisotopic (exact) mass is 437 g/mol. The molecule has 0 aliphatic rings. The second-order valence-electron chi connectivity index (χ2n) is 3.61. The normalized spacial score (nSPS) is 10.3. The number of ether oxygens (including phenoxy) is 1. The van der Waals surface area contributed by atoms with Crippen LogP contribution in [0.3, 0.4) is 0 Å². The molecule has 0 saturated carbocycles. The van der Waals surface area contributed by atoms with Crippen molar-refractivity contribution in [1.82, 2.24) is 0 Å². The number of hydrogen-bond donors (Lipinski definition) is 2. The lowest BCUT2D eigenvalue weighted by molar-refractivity contribution is 0.0597. The molecule has 0 spiro atoms. The zero-order valence-corrected chi connectivity index (χ0v) is 15.0. The number of thiophene rings is 1. The van der Waals surface area contributed by atoms with Crippen molar-refractivity contribution in [3.8, 4) is 5.75 Å². The molecule has 0 aliphatic carbocycles. The Balaban J connectivity index is 2.09. The molecule has 106 valence electrons. The van der Waals surface area contributed by atoms with Gasteiger partial charge in [0.2, 0.25) is 0 Å². The maximum atomic E-state index is 11.4. The van der Waals surface area contributed by atoms with Gasteiger partial charge in [0.1, 0.15) is 11.3 Å². The largest absolute Gasteiger partial charge is 0.507 e. The predicted octanol–water partition coefficient (Wildman–Crippen LogP) is 4.88. The maximum Gasteiger partial charge on any atom is 0.341 e. The van der Waals surface area contributed by atoms with Crippen molar-refractivity contribution in [2.75, 3.05) is 11.8 Å². The number of phenolic OH excluding ortho intramolecular Hbond substituents is 1. The lowest BCUT2D eigenvalue weighted by Gasteiger charge is -2.07. The number of aromatic hydroxyl groups is 1. The average molecular weight is 439 g/mol.